The fourth-order valence-electron chi connectivity index (χ4n) is 1.20. The van der Waals surface area contributed by atoms with Gasteiger partial charge in [0.25, 0.3) is 0 Å². The second kappa shape index (κ2) is 6.21. The molecule has 0 bridgehead atoms. The van der Waals surface area contributed by atoms with Crippen LogP contribution < -0.4 is 5.73 Å². The Hall–Kier alpha value is -0.340. The minimum atomic E-state index is 0.606. The molecule has 0 amide bonds. The maximum absolute atomic E-state index is 5.48. The lowest BCUT2D eigenvalue weighted by atomic mass is 10.2. The first kappa shape index (κ1) is 11.7. The molecule has 0 atom stereocenters. The summed E-state index contributed by atoms with van der Waals surface area (Å²) in [5.41, 5.74) is 6.60. The van der Waals surface area contributed by atoms with E-state index in [1.165, 1.54) is 0 Å². The van der Waals surface area contributed by atoms with Gasteiger partial charge in [0.2, 0.25) is 0 Å². The SMILES string of the molecule is C=C(CN)CN(CC)CC(C)C. The van der Waals surface area contributed by atoms with Crippen LogP contribution in [0.3, 0.4) is 0 Å². The quantitative estimate of drug-likeness (QED) is 0.612. The Morgan fingerprint density at radius 2 is 2.08 bits per heavy atom. The van der Waals surface area contributed by atoms with Crippen LogP contribution in [0.4, 0.5) is 0 Å². The van der Waals surface area contributed by atoms with E-state index in [1.54, 1.807) is 0 Å². The highest BCUT2D eigenvalue weighted by atomic mass is 15.1. The molecule has 0 radical (unpaired) electrons. The lowest BCUT2D eigenvalue weighted by Crippen LogP contribution is -2.30. The monoisotopic (exact) mass is 170 g/mol. The normalized spacial score (nSPS) is 11.2. The molecule has 0 rings (SSSR count). The molecule has 0 aromatic carbocycles. The van der Waals surface area contributed by atoms with Gasteiger partial charge in [0.15, 0.2) is 0 Å². The molecule has 0 aliphatic carbocycles. The van der Waals surface area contributed by atoms with E-state index < -0.39 is 0 Å². The smallest absolute Gasteiger partial charge is 0.0202 e. The first-order chi connectivity index (χ1) is 5.60. The standard InChI is InChI=1S/C10H22N2/c1-5-12(7-9(2)3)8-10(4)6-11/h9H,4-8,11H2,1-3H3. The van der Waals surface area contributed by atoms with Gasteiger partial charge in [-0.3, -0.25) is 4.90 Å². The summed E-state index contributed by atoms with van der Waals surface area (Å²) in [6.07, 6.45) is 0. The van der Waals surface area contributed by atoms with Gasteiger partial charge in [-0.1, -0.05) is 27.4 Å². The van der Waals surface area contributed by atoms with E-state index in [-0.39, 0.29) is 0 Å². The Morgan fingerprint density at radius 3 is 2.42 bits per heavy atom. The van der Waals surface area contributed by atoms with Crippen LogP contribution in [-0.2, 0) is 0 Å². The molecule has 2 N–H and O–H groups in total. The van der Waals surface area contributed by atoms with Crippen LogP contribution in [0.2, 0.25) is 0 Å². The van der Waals surface area contributed by atoms with Crippen molar-refractivity contribution >= 4 is 0 Å². The van der Waals surface area contributed by atoms with Gasteiger partial charge in [0, 0.05) is 19.6 Å². The molecule has 0 aliphatic heterocycles. The van der Waals surface area contributed by atoms with Crippen molar-refractivity contribution in [3.63, 3.8) is 0 Å². The highest BCUT2D eigenvalue weighted by molar-refractivity contribution is 4.98. The van der Waals surface area contributed by atoms with Crippen molar-refractivity contribution in [2.24, 2.45) is 11.7 Å². The zero-order valence-corrected chi connectivity index (χ0v) is 8.64. The van der Waals surface area contributed by atoms with Gasteiger partial charge in [-0.2, -0.15) is 0 Å². The van der Waals surface area contributed by atoms with Crippen molar-refractivity contribution in [1.29, 1.82) is 0 Å². The zero-order chi connectivity index (χ0) is 9.56. The maximum Gasteiger partial charge on any atom is 0.0202 e. The van der Waals surface area contributed by atoms with Gasteiger partial charge >= 0.3 is 0 Å². The number of rotatable bonds is 6. The predicted octanol–water partition coefficient (Wildman–Crippen LogP) is 1.48. The summed E-state index contributed by atoms with van der Waals surface area (Å²) < 4.78 is 0. The molecule has 12 heavy (non-hydrogen) atoms. The number of likely N-dealkylation sites (N-methyl/N-ethyl adjacent to an activating group) is 1. The van der Waals surface area contributed by atoms with Crippen molar-refractivity contribution in [2.45, 2.75) is 20.8 Å². The molecule has 0 aromatic rings. The van der Waals surface area contributed by atoms with Crippen molar-refractivity contribution in [3.8, 4) is 0 Å². The van der Waals surface area contributed by atoms with Gasteiger partial charge in [-0.25, -0.2) is 0 Å². The average molecular weight is 170 g/mol. The second-order valence-corrected chi connectivity index (χ2v) is 3.68. The van der Waals surface area contributed by atoms with E-state index in [4.69, 9.17) is 5.73 Å². The summed E-state index contributed by atoms with van der Waals surface area (Å²) in [6.45, 7) is 14.3. The first-order valence-electron chi connectivity index (χ1n) is 4.69. The number of nitrogens with zero attached hydrogens (tertiary/aromatic N) is 1. The van der Waals surface area contributed by atoms with Crippen molar-refractivity contribution < 1.29 is 0 Å². The summed E-state index contributed by atoms with van der Waals surface area (Å²) in [5.74, 6) is 0.718. The summed E-state index contributed by atoms with van der Waals surface area (Å²) >= 11 is 0. The van der Waals surface area contributed by atoms with Gasteiger partial charge in [-0.15, -0.1) is 0 Å². The van der Waals surface area contributed by atoms with E-state index in [0.717, 1.165) is 31.1 Å². The van der Waals surface area contributed by atoms with E-state index in [2.05, 4.69) is 32.3 Å². The fourth-order valence-corrected chi connectivity index (χ4v) is 1.20. The molecular weight excluding hydrogens is 148 g/mol. The Bertz CT molecular complexity index is 130. The Kier molecular flexibility index (Phi) is 6.03. The third kappa shape index (κ3) is 5.33. The van der Waals surface area contributed by atoms with Gasteiger partial charge < -0.3 is 5.73 Å². The van der Waals surface area contributed by atoms with E-state index >= 15 is 0 Å². The number of hydrogen-bond donors (Lipinski definition) is 1. The van der Waals surface area contributed by atoms with Crippen LogP contribution in [0, 0.1) is 5.92 Å². The molecule has 72 valence electrons. The second-order valence-electron chi connectivity index (χ2n) is 3.68. The fraction of sp³-hybridized carbons (Fsp3) is 0.800. The minimum Gasteiger partial charge on any atom is -0.327 e. The third-order valence-electron chi connectivity index (χ3n) is 1.81. The number of nitrogens with two attached hydrogens (primary N) is 1. The van der Waals surface area contributed by atoms with E-state index in [9.17, 15) is 0 Å². The molecule has 2 heteroatoms. The third-order valence-corrected chi connectivity index (χ3v) is 1.81. The van der Waals surface area contributed by atoms with Crippen LogP contribution in [0.5, 0.6) is 0 Å². The molecule has 2 nitrogen and oxygen atoms in total. The Labute approximate surface area is 76.4 Å². The molecule has 0 fully saturated rings. The number of hydrogen-bond acceptors (Lipinski definition) is 2. The average Bonchev–Trinajstić information content (AvgIpc) is 2.02. The summed E-state index contributed by atoms with van der Waals surface area (Å²) in [5, 5.41) is 0. The van der Waals surface area contributed by atoms with Crippen molar-refractivity contribution in [1.82, 2.24) is 4.90 Å². The van der Waals surface area contributed by atoms with E-state index in [0.29, 0.717) is 6.54 Å². The van der Waals surface area contributed by atoms with Crippen LogP contribution in [0.25, 0.3) is 0 Å². The van der Waals surface area contributed by atoms with Crippen LogP contribution in [-0.4, -0.2) is 31.1 Å². The highest BCUT2D eigenvalue weighted by Crippen LogP contribution is 2.00. The predicted molar refractivity (Wildman–Crippen MR) is 55.1 cm³/mol. The molecule has 0 aliphatic rings. The molecule has 0 saturated carbocycles. The van der Waals surface area contributed by atoms with Crippen molar-refractivity contribution in [3.05, 3.63) is 12.2 Å². The molecule has 0 heterocycles. The lowest BCUT2D eigenvalue weighted by molar-refractivity contribution is 0.276. The first-order valence-corrected chi connectivity index (χ1v) is 4.69. The molecule has 0 aromatic heterocycles. The Morgan fingerprint density at radius 1 is 1.50 bits per heavy atom. The topological polar surface area (TPSA) is 29.3 Å². The molecule has 0 spiro atoms. The van der Waals surface area contributed by atoms with Crippen molar-refractivity contribution in [2.75, 3.05) is 26.2 Å². The lowest BCUT2D eigenvalue weighted by Gasteiger charge is -2.22. The van der Waals surface area contributed by atoms with Gasteiger partial charge in [0.1, 0.15) is 0 Å². The molecule has 0 unspecified atom stereocenters. The van der Waals surface area contributed by atoms with Crippen LogP contribution in [0.1, 0.15) is 20.8 Å². The molecular formula is C10H22N2. The zero-order valence-electron chi connectivity index (χ0n) is 8.64. The summed E-state index contributed by atoms with van der Waals surface area (Å²) in [6, 6.07) is 0. The van der Waals surface area contributed by atoms with Crippen LogP contribution >= 0.6 is 0 Å². The maximum atomic E-state index is 5.48. The van der Waals surface area contributed by atoms with Crippen LogP contribution in [0.15, 0.2) is 12.2 Å². The summed E-state index contributed by atoms with van der Waals surface area (Å²) in [7, 11) is 0. The largest absolute Gasteiger partial charge is 0.327 e. The van der Waals surface area contributed by atoms with E-state index in [1.807, 2.05) is 0 Å². The Balaban J connectivity index is 3.74. The highest BCUT2D eigenvalue weighted by Gasteiger charge is 2.05. The van der Waals surface area contributed by atoms with Gasteiger partial charge in [-0.05, 0) is 18.0 Å². The molecule has 0 saturated heterocycles. The summed E-state index contributed by atoms with van der Waals surface area (Å²) in [4.78, 5) is 2.37. The minimum absolute atomic E-state index is 0.606. The van der Waals surface area contributed by atoms with Gasteiger partial charge in [0.05, 0.1) is 0 Å².